The average molecular weight is 489 g/mol. The molecule has 4 aromatic rings. The lowest BCUT2D eigenvalue weighted by Crippen LogP contribution is -2.36. The number of fused-ring (bicyclic) bond motifs is 2. The van der Waals surface area contributed by atoms with Gasteiger partial charge in [0.05, 0.1) is 12.2 Å². The van der Waals surface area contributed by atoms with Gasteiger partial charge in [0.25, 0.3) is 5.91 Å². The molecule has 0 spiro atoms. The minimum Gasteiger partial charge on any atom is -0.493 e. The van der Waals surface area contributed by atoms with Gasteiger partial charge in [0, 0.05) is 38.6 Å². The number of rotatable bonds is 8. The second kappa shape index (κ2) is 10.1. The van der Waals surface area contributed by atoms with Gasteiger partial charge in [0.1, 0.15) is 11.6 Å². The molecular weight excluding hydrogens is 459 g/mol. The molecule has 0 radical (unpaired) electrons. The molecule has 0 bridgehead atoms. The van der Waals surface area contributed by atoms with Crippen molar-refractivity contribution in [1.82, 2.24) is 10.3 Å². The van der Waals surface area contributed by atoms with E-state index in [2.05, 4.69) is 53.6 Å². The van der Waals surface area contributed by atoms with Crippen molar-refractivity contribution in [3.8, 4) is 0 Å². The Kier molecular flexibility index (Phi) is 6.73. The molecule has 5 rings (SSSR count). The molecule has 2 heterocycles. The van der Waals surface area contributed by atoms with Crippen LogP contribution in [-0.2, 0) is 16.0 Å². The van der Waals surface area contributed by atoms with Crippen molar-refractivity contribution in [2.75, 3.05) is 6.61 Å². The van der Waals surface area contributed by atoms with Crippen LogP contribution in [0.15, 0.2) is 78.2 Å². The molecule has 180 valence electrons. The zero-order valence-electron chi connectivity index (χ0n) is 19.9. The Labute approximate surface area is 208 Å². The van der Waals surface area contributed by atoms with Crippen molar-refractivity contribution in [3.05, 3.63) is 94.5 Å². The fourth-order valence-electron chi connectivity index (χ4n) is 4.64. The highest BCUT2D eigenvalue weighted by Crippen LogP contribution is 2.38. The summed E-state index contributed by atoms with van der Waals surface area (Å²) in [4.78, 5) is 17.9. The van der Waals surface area contributed by atoms with Crippen LogP contribution in [0.1, 0.15) is 43.0 Å². The van der Waals surface area contributed by atoms with Gasteiger partial charge >= 0.3 is 0 Å². The van der Waals surface area contributed by atoms with E-state index in [-0.39, 0.29) is 23.7 Å². The molecule has 0 saturated carbocycles. The normalized spacial score (nSPS) is 16.7. The fourth-order valence-corrected chi connectivity index (χ4v) is 5.78. The summed E-state index contributed by atoms with van der Waals surface area (Å²) in [6.45, 7) is 4.60. The van der Waals surface area contributed by atoms with E-state index in [4.69, 9.17) is 4.74 Å². The van der Waals surface area contributed by atoms with Gasteiger partial charge in [-0.3, -0.25) is 4.79 Å². The third-order valence-electron chi connectivity index (χ3n) is 6.38. The summed E-state index contributed by atoms with van der Waals surface area (Å²) in [5, 5.41) is 5.24. The zero-order valence-corrected chi connectivity index (χ0v) is 20.8. The highest BCUT2D eigenvalue weighted by molar-refractivity contribution is 7.19. The summed E-state index contributed by atoms with van der Waals surface area (Å²) >= 11 is 1.78. The molecule has 0 aliphatic heterocycles. The van der Waals surface area contributed by atoms with E-state index < -0.39 is 0 Å². The zero-order chi connectivity index (χ0) is 24.4. The van der Waals surface area contributed by atoms with Crippen LogP contribution in [0.4, 0.5) is 4.39 Å². The smallest absolute Gasteiger partial charge is 0.251 e. The number of hydrogen-bond donors (Lipinski definition) is 2. The number of nitrogens with one attached hydrogen (secondary N) is 2. The lowest BCUT2D eigenvalue weighted by Gasteiger charge is -2.23. The minimum absolute atomic E-state index is 0.106. The molecule has 0 saturated heterocycles. The first-order chi connectivity index (χ1) is 17.0. The molecule has 0 fully saturated rings. The number of aromatic nitrogens is 1. The SMILES string of the molecule is CCCOC1=C(C(=O)NC(C)Cc2c[nH]c3ccc(F)cc23)CC(c2cc3ccccc3s2)C=C1. The molecule has 1 aliphatic carbocycles. The third kappa shape index (κ3) is 5.03. The number of H-pyrrole nitrogens is 1. The molecular formula is C29H29FN2O2S. The lowest BCUT2D eigenvalue weighted by atomic mass is 9.91. The molecule has 35 heavy (non-hydrogen) atoms. The first-order valence-corrected chi connectivity index (χ1v) is 12.9. The van der Waals surface area contributed by atoms with Crippen LogP contribution in [0.5, 0.6) is 0 Å². The van der Waals surface area contributed by atoms with Gasteiger partial charge in [0.2, 0.25) is 0 Å². The van der Waals surface area contributed by atoms with Crippen molar-refractivity contribution >= 4 is 38.2 Å². The first-order valence-electron chi connectivity index (χ1n) is 12.1. The number of benzene rings is 2. The van der Waals surface area contributed by atoms with Crippen LogP contribution in [0.25, 0.3) is 21.0 Å². The van der Waals surface area contributed by atoms with Gasteiger partial charge in [0.15, 0.2) is 0 Å². The molecule has 4 nitrogen and oxygen atoms in total. The van der Waals surface area contributed by atoms with E-state index in [0.717, 1.165) is 22.9 Å². The maximum absolute atomic E-state index is 13.8. The van der Waals surface area contributed by atoms with Crippen LogP contribution in [0.2, 0.25) is 0 Å². The number of carbonyl (C=O) groups is 1. The van der Waals surface area contributed by atoms with Crippen molar-refractivity contribution in [3.63, 3.8) is 0 Å². The molecule has 2 N–H and O–H groups in total. The number of carbonyl (C=O) groups excluding carboxylic acids is 1. The maximum atomic E-state index is 13.8. The van der Waals surface area contributed by atoms with E-state index >= 15 is 0 Å². The Morgan fingerprint density at radius 3 is 2.94 bits per heavy atom. The summed E-state index contributed by atoms with van der Waals surface area (Å²) in [5.74, 6) is 0.418. The third-order valence-corrected chi connectivity index (χ3v) is 7.63. The van der Waals surface area contributed by atoms with Crippen LogP contribution in [-0.4, -0.2) is 23.5 Å². The van der Waals surface area contributed by atoms with Crippen molar-refractivity contribution < 1.29 is 13.9 Å². The van der Waals surface area contributed by atoms with Crippen LogP contribution < -0.4 is 5.32 Å². The number of halogens is 1. The molecule has 6 heteroatoms. The van der Waals surface area contributed by atoms with Crippen LogP contribution in [0, 0.1) is 5.82 Å². The monoisotopic (exact) mass is 488 g/mol. The largest absolute Gasteiger partial charge is 0.493 e. The Hall–Kier alpha value is -3.38. The quantitative estimate of drug-likeness (QED) is 0.281. The number of thiophene rings is 1. The highest BCUT2D eigenvalue weighted by atomic mass is 32.1. The summed E-state index contributed by atoms with van der Waals surface area (Å²) < 4.78 is 21.0. The second-order valence-electron chi connectivity index (χ2n) is 9.13. The van der Waals surface area contributed by atoms with E-state index in [0.29, 0.717) is 30.8 Å². The molecule has 2 aromatic heterocycles. The van der Waals surface area contributed by atoms with E-state index in [1.165, 1.54) is 27.1 Å². The van der Waals surface area contributed by atoms with Gasteiger partial charge in [-0.25, -0.2) is 4.39 Å². The second-order valence-corrected chi connectivity index (χ2v) is 10.2. The van der Waals surface area contributed by atoms with E-state index in [1.807, 2.05) is 19.2 Å². The molecule has 1 aliphatic rings. The number of aromatic amines is 1. The van der Waals surface area contributed by atoms with Gasteiger partial charge < -0.3 is 15.0 Å². The summed E-state index contributed by atoms with van der Waals surface area (Å²) in [5.41, 5.74) is 2.55. The number of amides is 1. The lowest BCUT2D eigenvalue weighted by molar-refractivity contribution is -0.118. The standard InChI is InChI=1S/C29H29FN2O2S/c1-3-12-34-26-11-8-20(28-15-19-6-4-5-7-27(19)35-28)14-24(26)29(33)32-18(2)13-21-17-31-25-10-9-22(30)16-23(21)25/h4-11,15-18,20,31H,3,12-14H2,1-2H3,(H,32,33). The van der Waals surface area contributed by atoms with Gasteiger partial charge in [-0.05, 0) is 73.5 Å². The topological polar surface area (TPSA) is 54.1 Å². The Bertz CT molecular complexity index is 1400. The van der Waals surface area contributed by atoms with Crippen LogP contribution in [0.3, 0.4) is 0 Å². The predicted molar refractivity (Wildman–Crippen MR) is 141 cm³/mol. The van der Waals surface area contributed by atoms with E-state index in [9.17, 15) is 9.18 Å². The molecule has 2 aromatic carbocycles. The number of allylic oxidation sites excluding steroid dienone is 2. The maximum Gasteiger partial charge on any atom is 0.251 e. The highest BCUT2D eigenvalue weighted by Gasteiger charge is 2.26. The average Bonchev–Trinajstić information content (AvgIpc) is 3.46. The van der Waals surface area contributed by atoms with Crippen molar-refractivity contribution in [2.45, 2.75) is 45.1 Å². The fraction of sp³-hybridized carbons (Fsp3) is 0.276. The Balaban J connectivity index is 1.34. The van der Waals surface area contributed by atoms with E-state index in [1.54, 1.807) is 17.4 Å². The summed E-state index contributed by atoms with van der Waals surface area (Å²) in [7, 11) is 0. The van der Waals surface area contributed by atoms with Crippen molar-refractivity contribution in [2.24, 2.45) is 0 Å². The van der Waals surface area contributed by atoms with Crippen molar-refractivity contribution in [1.29, 1.82) is 0 Å². The first kappa shape index (κ1) is 23.4. The number of hydrogen-bond acceptors (Lipinski definition) is 3. The molecule has 2 unspecified atom stereocenters. The summed E-state index contributed by atoms with van der Waals surface area (Å²) in [6, 6.07) is 15.2. The predicted octanol–water partition coefficient (Wildman–Crippen LogP) is 6.99. The van der Waals surface area contributed by atoms with Gasteiger partial charge in [-0.2, -0.15) is 0 Å². The van der Waals surface area contributed by atoms with Gasteiger partial charge in [-0.15, -0.1) is 11.3 Å². The Morgan fingerprint density at radius 2 is 2.11 bits per heavy atom. The number of ether oxygens (including phenoxy) is 1. The van der Waals surface area contributed by atoms with Gasteiger partial charge in [-0.1, -0.05) is 31.2 Å². The molecule has 1 amide bonds. The Morgan fingerprint density at radius 1 is 1.26 bits per heavy atom. The summed E-state index contributed by atoms with van der Waals surface area (Å²) in [6.07, 6.45) is 8.07. The van der Waals surface area contributed by atoms with Crippen LogP contribution >= 0.6 is 11.3 Å². The molecule has 2 atom stereocenters. The minimum atomic E-state index is -0.265.